The predicted molar refractivity (Wildman–Crippen MR) is 70.1 cm³/mol. The number of ketones is 2. The van der Waals surface area contributed by atoms with Crippen LogP contribution < -0.4 is 0 Å². The molecule has 0 aromatic heterocycles. The van der Waals surface area contributed by atoms with Crippen molar-refractivity contribution in [2.45, 2.75) is 33.6 Å². The van der Waals surface area contributed by atoms with Crippen LogP contribution in [0.3, 0.4) is 0 Å². The summed E-state index contributed by atoms with van der Waals surface area (Å²) in [6, 6.07) is 0. The fourth-order valence-electron chi connectivity index (χ4n) is 1.83. The number of rotatable bonds is 5. The van der Waals surface area contributed by atoms with Gasteiger partial charge in [-0.15, -0.1) is 0 Å². The Kier molecular flexibility index (Phi) is 4.95. The molecule has 96 valence electrons. The first kappa shape index (κ1) is 14.3. The second kappa shape index (κ2) is 6.24. The lowest BCUT2D eigenvalue weighted by Crippen LogP contribution is -2.16. The summed E-state index contributed by atoms with van der Waals surface area (Å²) in [5.41, 5.74) is 1.76. The Morgan fingerprint density at radius 1 is 1.28 bits per heavy atom. The topological polar surface area (TPSA) is 51.2 Å². The van der Waals surface area contributed by atoms with Crippen LogP contribution in [0.4, 0.5) is 0 Å². The average molecular weight is 246 g/mol. The van der Waals surface area contributed by atoms with Gasteiger partial charge in [0.15, 0.2) is 11.6 Å². The van der Waals surface area contributed by atoms with Gasteiger partial charge >= 0.3 is 0 Å². The molecule has 0 saturated heterocycles. The van der Waals surface area contributed by atoms with Crippen LogP contribution in [-0.4, -0.2) is 17.9 Å². The fourth-order valence-corrected chi connectivity index (χ4v) is 1.83. The Balaban J connectivity index is 2.66. The average Bonchev–Trinajstić information content (AvgIpc) is 2.33. The smallest absolute Gasteiger partial charge is 0.182 e. The molecule has 0 N–H and O–H groups in total. The summed E-state index contributed by atoms with van der Waals surface area (Å²) in [4.78, 5) is 33.7. The third-order valence-electron chi connectivity index (χ3n) is 3.09. The maximum Gasteiger partial charge on any atom is 0.182 e. The quantitative estimate of drug-likeness (QED) is 0.425. The minimum Gasteiger partial charge on any atom is -0.298 e. The highest BCUT2D eigenvalue weighted by Gasteiger charge is 2.21. The van der Waals surface area contributed by atoms with Gasteiger partial charge in [0.05, 0.1) is 0 Å². The second-order valence-electron chi connectivity index (χ2n) is 4.70. The standard InChI is InChI=1S/C15H18O3/c1-10(9-16)5-4-6-11(2)13-8-14(17)12(3)7-15(13)18/h5,7-9,11H,4,6H2,1-3H3/b10-5+/t11-/m1/s1. The summed E-state index contributed by atoms with van der Waals surface area (Å²) in [6.07, 6.45) is 6.99. The van der Waals surface area contributed by atoms with E-state index in [0.717, 1.165) is 19.1 Å². The van der Waals surface area contributed by atoms with Crippen molar-refractivity contribution in [3.8, 4) is 0 Å². The summed E-state index contributed by atoms with van der Waals surface area (Å²) >= 11 is 0. The zero-order valence-electron chi connectivity index (χ0n) is 11.0. The Hall–Kier alpha value is -1.77. The molecule has 0 spiro atoms. The molecule has 0 heterocycles. The highest BCUT2D eigenvalue weighted by molar-refractivity contribution is 6.19. The van der Waals surface area contributed by atoms with Crippen LogP contribution in [0, 0.1) is 5.92 Å². The normalized spacial score (nSPS) is 18.3. The lowest BCUT2D eigenvalue weighted by molar-refractivity contribution is -0.115. The molecule has 0 saturated carbocycles. The van der Waals surface area contributed by atoms with Crippen LogP contribution in [0.25, 0.3) is 0 Å². The molecular weight excluding hydrogens is 228 g/mol. The number of carbonyl (C=O) groups is 3. The van der Waals surface area contributed by atoms with Crippen LogP contribution in [-0.2, 0) is 14.4 Å². The Bertz CT molecular complexity index is 464. The van der Waals surface area contributed by atoms with Gasteiger partial charge in [-0.1, -0.05) is 13.0 Å². The van der Waals surface area contributed by atoms with Crippen molar-refractivity contribution in [2.75, 3.05) is 0 Å². The lowest BCUT2D eigenvalue weighted by Gasteiger charge is -2.16. The van der Waals surface area contributed by atoms with Crippen molar-refractivity contribution in [3.05, 3.63) is 34.9 Å². The molecule has 0 aromatic carbocycles. The van der Waals surface area contributed by atoms with E-state index in [1.807, 2.05) is 13.0 Å². The highest BCUT2D eigenvalue weighted by atomic mass is 16.1. The van der Waals surface area contributed by atoms with Gasteiger partial charge in [-0.2, -0.15) is 0 Å². The van der Waals surface area contributed by atoms with Crippen LogP contribution >= 0.6 is 0 Å². The van der Waals surface area contributed by atoms with E-state index in [-0.39, 0.29) is 17.5 Å². The summed E-state index contributed by atoms with van der Waals surface area (Å²) in [6.45, 7) is 5.32. The first-order valence-corrected chi connectivity index (χ1v) is 6.06. The SMILES string of the molecule is CC1=CC(=O)C([C@H](C)CC/C=C(\C)C=O)=CC1=O. The molecule has 1 rings (SSSR count). The van der Waals surface area contributed by atoms with Crippen LogP contribution in [0.15, 0.2) is 34.9 Å². The zero-order chi connectivity index (χ0) is 13.7. The van der Waals surface area contributed by atoms with Crippen molar-refractivity contribution >= 4 is 17.9 Å². The maximum absolute atomic E-state index is 11.8. The van der Waals surface area contributed by atoms with E-state index >= 15 is 0 Å². The third-order valence-corrected chi connectivity index (χ3v) is 3.09. The maximum atomic E-state index is 11.8. The number of hydrogen-bond donors (Lipinski definition) is 0. The zero-order valence-corrected chi connectivity index (χ0v) is 11.0. The second-order valence-corrected chi connectivity index (χ2v) is 4.70. The molecule has 0 bridgehead atoms. The van der Waals surface area contributed by atoms with Crippen LogP contribution in [0.5, 0.6) is 0 Å². The summed E-state index contributed by atoms with van der Waals surface area (Å²) < 4.78 is 0. The minimum absolute atomic E-state index is 0.0292. The molecule has 3 heteroatoms. The number of aldehydes is 1. The van der Waals surface area contributed by atoms with Crippen molar-refractivity contribution < 1.29 is 14.4 Å². The van der Waals surface area contributed by atoms with Crippen molar-refractivity contribution in [1.29, 1.82) is 0 Å². The van der Waals surface area contributed by atoms with Gasteiger partial charge in [0.2, 0.25) is 0 Å². The minimum atomic E-state index is -0.0870. The van der Waals surface area contributed by atoms with E-state index in [0.29, 0.717) is 16.7 Å². The van der Waals surface area contributed by atoms with Crippen LogP contribution in [0.1, 0.15) is 33.6 Å². The molecule has 0 amide bonds. The molecule has 1 aliphatic rings. The summed E-state index contributed by atoms with van der Waals surface area (Å²) in [5.74, 6) is -0.131. The van der Waals surface area contributed by atoms with Crippen molar-refractivity contribution in [3.63, 3.8) is 0 Å². The van der Waals surface area contributed by atoms with Gasteiger partial charge < -0.3 is 0 Å². The van der Waals surface area contributed by atoms with E-state index in [1.54, 1.807) is 13.8 Å². The van der Waals surface area contributed by atoms with Crippen LogP contribution in [0.2, 0.25) is 0 Å². The summed E-state index contributed by atoms with van der Waals surface area (Å²) in [7, 11) is 0. The Morgan fingerprint density at radius 2 is 1.94 bits per heavy atom. The summed E-state index contributed by atoms with van der Waals surface area (Å²) in [5, 5.41) is 0. The van der Waals surface area contributed by atoms with Gasteiger partial charge in [0.1, 0.15) is 6.29 Å². The van der Waals surface area contributed by atoms with Gasteiger partial charge in [-0.05, 0) is 50.3 Å². The lowest BCUT2D eigenvalue weighted by atomic mass is 9.87. The number of carbonyl (C=O) groups excluding carboxylic acids is 3. The molecule has 0 fully saturated rings. The van der Waals surface area contributed by atoms with Gasteiger partial charge in [-0.25, -0.2) is 0 Å². The fraction of sp³-hybridized carbons (Fsp3) is 0.400. The first-order valence-electron chi connectivity index (χ1n) is 6.06. The van der Waals surface area contributed by atoms with E-state index in [2.05, 4.69) is 0 Å². The van der Waals surface area contributed by atoms with Gasteiger partial charge in [0.25, 0.3) is 0 Å². The highest BCUT2D eigenvalue weighted by Crippen LogP contribution is 2.22. The molecule has 0 radical (unpaired) electrons. The molecule has 0 unspecified atom stereocenters. The first-order chi connectivity index (χ1) is 8.45. The molecule has 1 aliphatic carbocycles. The molecule has 1 atom stereocenters. The number of allylic oxidation sites excluding steroid dienone is 6. The van der Waals surface area contributed by atoms with Gasteiger partial charge in [-0.3, -0.25) is 14.4 Å². The van der Waals surface area contributed by atoms with E-state index in [1.165, 1.54) is 12.2 Å². The molecule has 3 nitrogen and oxygen atoms in total. The molecule has 18 heavy (non-hydrogen) atoms. The van der Waals surface area contributed by atoms with E-state index < -0.39 is 0 Å². The largest absolute Gasteiger partial charge is 0.298 e. The number of hydrogen-bond acceptors (Lipinski definition) is 3. The Morgan fingerprint density at radius 3 is 2.56 bits per heavy atom. The van der Waals surface area contributed by atoms with E-state index in [9.17, 15) is 14.4 Å². The molecular formula is C15H18O3. The Labute approximate surface area is 107 Å². The predicted octanol–water partition coefficient (Wildman–Crippen LogP) is 2.57. The third kappa shape index (κ3) is 3.62. The van der Waals surface area contributed by atoms with E-state index in [4.69, 9.17) is 0 Å². The monoisotopic (exact) mass is 246 g/mol. The molecule has 0 aliphatic heterocycles. The van der Waals surface area contributed by atoms with Crippen molar-refractivity contribution in [1.82, 2.24) is 0 Å². The van der Waals surface area contributed by atoms with Gasteiger partial charge in [0, 0.05) is 11.1 Å². The molecule has 0 aromatic rings. The van der Waals surface area contributed by atoms with Crippen molar-refractivity contribution in [2.24, 2.45) is 5.92 Å².